The second kappa shape index (κ2) is 6.58. The van der Waals surface area contributed by atoms with Crippen LogP contribution in [0.5, 0.6) is 0 Å². The van der Waals surface area contributed by atoms with E-state index in [1.54, 1.807) is 0 Å². The Morgan fingerprint density at radius 2 is 1.91 bits per heavy atom. The van der Waals surface area contributed by atoms with Gasteiger partial charge in [-0.05, 0) is 30.9 Å². The summed E-state index contributed by atoms with van der Waals surface area (Å²) in [5.41, 5.74) is 2.27. The van der Waals surface area contributed by atoms with Gasteiger partial charge in [-0.25, -0.2) is 0 Å². The van der Waals surface area contributed by atoms with Gasteiger partial charge in [0.05, 0.1) is 19.6 Å². The molecule has 1 aliphatic rings. The van der Waals surface area contributed by atoms with Gasteiger partial charge >= 0.3 is 0 Å². The summed E-state index contributed by atoms with van der Waals surface area (Å²) in [4.78, 5) is 0. The quantitative estimate of drug-likeness (QED) is 0.857. The van der Waals surface area contributed by atoms with Gasteiger partial charge in [-0.15, -0.1) is 10.2 Å². The van der Waals surface area contributed by atoms with Crippen molar-refractivity contribution in [2.75, 3.05) is 6.61 Å². The number of aromatic nitrogens is 2. The van der Waals surface area contributed by atoms with Gasteiger partial charge in [0.1, 0.15) is 0 Å². The summed E-state index contributed by atoms with van der Waals surface area (Å²) in [5, 5.41) is 21.2. The van der Waals surface area contributed by atoms with Gasteiger partial charge in [-0.3, -0.25) is 0 Å². The molecule has 0 aliphatic heterocycles. The van der Waals surface area contributed by atoms with Crippen LogP contribution in [-0.2, 0) is 13.0 Å². The SMILES string of the molecule is Cc1ccccc1Cc1nnc(CNC2(CO)CCCC2)o1. The average molecular weight is 301 g/mol. The first-order valence-electron chi connectivity index (χ1n) is 7.92. The van der Waals surface area contributed by atoms with Crippen LogP contribution in [-0.4, -0.2) is 27.4 Å². The zero-order valence-electron chi connectivity index (χ0n) is 13.0. The highest BCUT2D eigenvalue weighted by atomic mass is 16.4. The lowest BCUT2D eigenvalue weighted by Crippen LogP contribution is -2.45. The van der Waals surface area contributed by atoms with Crippen LogP contribution < -0.4 is 5.32 Å². The number of hydrogen-bond acceptors (Lipinski definition) is 5. The Bertz CT molecular complexity index is 618. The van der Waals surface area contributed by atoms with Crippen LogP contribution in [0.1, 0.15) is 48.6 Å². The Morgan fingerprint density at radius 3 is 2.64 bits per heavy atom. The standard InChI is InChI=1S/C17H23N3O2/c1-13-6-2-3-7-14(13)10-15-19-20-16(22-15)11-18-17(12-21)8-4-5-9-17/h2-3,6-7,18,21H,4-5,8-12H2,1H3. The maximum Gasteiger partial charge on any atom is 0.230 e. The van der Waals surface area contributed by atoms with E-state index in [9.17, 15) is 5.11 Å². The molecule has 0 atom stereocenters. The highest BCUT2D eigenvalue weighted by molar-refractivity contribution is 5.27. The molecule has 0 amide bonds. The molecule has 1 heterocycles. The molecule has 1 aromatic carbocycles. The van der Waals surface area contributed by atoms with Crippen molar-refractivity contribution in [3.05, 3.63) is 47.2 Å². The normalized spacial score (nSPS) is 17.0. The van der Waals surface area contributed by atoms with Gasteiger partial charge in [-0.2, -0.15) is 0 Å². The summed E-state index contributed by atoms with van der Waals surface area (Å²) >= 11 is 0. The van der Waals surface area contributed by atoms with Crippen molar-refractivity contribution in [3.63, 3.8) is 0 Å². The van der Waals surface area contributed by atoms with Gasteiger partial charge in [-0.1, -0.05) is 37.1 Å². The Hall–Kier alpha value is -1.72. The molecule has 0 saturated heterocycles. The molecule has 5 heteroatoms. The smallest absolute Gasteiger partial charge is 0.230 e. The Balaban J connectivity index is 1.61. The first kappa shape index (κ1) is 15.2. The molecule has 1 aliphatic carbocycles. The molecule has 118 valence electrons. The summed E-state index contributed by atoms with van der Waals surface area (Å²) < 4.78 is 5.73. The summed E-state index contributed by atoms with van der Waals surface area (Å²) in [7, 11) is 0. The molecular formula is C17H23N3O2. The molecule has 1 fully saturated rings. The zero-order chi connectivity index (χ0) is 15.4. The van der Waals surface area contributed by atoms with Gasteiger partial charge in [0, 0.05) is 5.54 Å². The largest absolute Gasteiger partial charge is 0.424 e. The van der Waals surface area contributed by atoms with E-state index in [2.05, 4.69) is 34.6 Å². The molecule has 1 aromatic heterocycles. The van der Waals surface area contributed by atoms with Crippen molar-refractivity contribution in [1.29, 1.82) is 0 Å². The minimum Gasteiger partial charge on any atom is -0.424 e. The van der Waals surface area contributed by atoms with Gasteiger partial charge in [0.2, 0.25) is 11.8 Å². The molecule has 22 heavy (non-hydrogen) atoms. The summed E-state index contributed by atoms with van der Waals surface area (Å²) in [5.74, 6) is 1.22. The number of aliphatic hydroxyl groups is 1. The van der Waals surface area contributed by atoms with Gasteiger partial charge < -0.3 is 14.8 Å². The third-order valence-corrected chi connectivity index (χ3v) is 4.59. The Morgan fingerprint density at radius 1 is 1.18 bits per heavy atom. The number of hydrogen-bond donors (Lipinski definition) is 2. The van der Waals surface area contributed by atoms with Crippen molar-refractivity contribution in [2.45, 2.75) is 51.1 Å². The van der Waals surface area contributed by atoms with E-state index >= 15 is 0 Å². The van der Waals surface area contributed by atoms with E-state index in [0.717, 1.165) is 25.7 Å². The monoisotopic (exact) mass is 301 g/mol. The van der Waals surface area contributed by atoms with Crippen molar-refractivity contribution in [2.24, 2.45) is 0 Å². The molecule has 0 radical (unpaired) electrons. The molecule has 0 unspecified atom stereocenters. The number of nitrogens with one attached hydrogen (secondary N) is 1. The van der Waals surface area contributed by atoms with E-state index in [-0.39, 0.29) is 12.1 Å². The number of rotatable bonds is 6. The topological polar surface area (TPSA) is 71.2 Å². The average Bonchev–Trinajstić information content (AvgIpc) is 3.17. The Labute approximate surface area is 130 Å². The van der Waals surface area contributed by atoms with Crippen molar-refractivity contribution >= 4 is 0 Å². The van der Waals surface area contributed by atoms with Crippen LogP contribution in [0, 0.1) is 6.92 Å². The fourth-order valence-electron chi connectivity index (χ4n) is 3.11. The molecule has 0 spiro atoms. The number of aliphatic hydroxyl groups excluding tert-OH is 1. The first-order chi connectivity index (χ1) is 10.7. The van der Waals surface area contributed by atoms with Gasteiger partial charge in [0.25, 0.3) is 0 Å². The molecule has 0 bridgehead atoms. The Kier molecular flexibility index (Phi) is 4.55. The minimum absolute atomic E-state index is 0.162. The number of benzene rings is 1. The van der Waals surface area contributed by atoms with E-state index in [0.29, 0.717) is 24.7 Å². The third-order valence-electron chi connectivity index (χ3n) is 4.59. The van der Waals surface area contributed by atoms with Crippen LogP contribution in [0.4, 0.5) is 0 Å². The second-order valence-electron chi connectivity index (χ2n) is 6.19. The summed E-state index contributed by atoms with van der Waals surface area (Å²) in [6.07, 6.45) is 5.00. The van der Waals surface area contributed by atoms with Crippen LogP contribution in [0.3, 0.4) is 0 Å². The molecule has 2 N–H and O–H groups in total. The van der Waals surface area contributed by atoms with Crippen molar-refractivity contribution < 1.29 is 9.52 Å². The van der Waals surface area contributed by atoms with Crippen molar-refractivity contribution in [1.82, 2.24) is 15.5 Å². The maximum absolute atomic E-state index is 9.60. The highest BCUT2D eigenvalue weighted by Gasteiger charge is 2.32. The van der Waals surface area contributed by atoms with Gasteiger partial charge in [0.15, 0.2) is 0 Å². The maximum atomic E-state index is 9.60. The van der Waals surface area contributed by atoms with E-state index in [1.807, 2.05) is 12.1 Å². The fourth-order valence-corrected chi connectivity index (χ4v) is 3.11. The van der Waals surface area contributed by atoms with Crippen LogP contribution in [0.25, 0.3) is 0 Å². The molecule has 2 aromatic rings. The number of aryl methyl sites for hydroxylation is 1. The number of nitrogens with zero attached hydrogens (tertiary/aromatic N) is 2. The molecule has 5 nitrogen and oxygen atoms in total. The fraction of sp³-hybridized carbons (Fsp3) is 0.529. The van der Waals surface area contributed by atoms with E-state index in [4.69, 9.17) is 4.42 Å². The lowest BCUT2D eigenvalue weighted by atomic mass is 9.99. The second-order valence-corrected chi connectivity index (χ2v) is 6.19. The minimum atomic E-state index is -0.162. The predicted octanol–water partition coefficient (Wildman–Crippen LogP) is 2.36. The summed E-state index contributed by atoms with van der Waals surface area (Å²) in [6.45, 7) is 2.76. The van der Waals surface area contributed by atoms with Crippen molar-refractivity contribution in [3.8, 4) is 0 Å². The highest BCUT2D eigenvalue weighted by Crippen LogP contribution is 2.29. The van der Waals surface area contributed by atoms with Crippen LogP contribution in [0.15, 0.2) is 28.7 Å². The lowest BCUT2D eigenvalue weighted by Gasteiger charge is -2.27. The first-order valence-corrected chi connectivity index (χ1v) is 7.92. The molecular weight excluding hydrogens is 278 g/mol. The van der Waals surface area contributed by atoms with E-state index in [1.165, 1.54) is 11.1 Å². The third kappa shape index (κ3) is 3.36. The summed E-state index contributed by atoms with van der Waals surface area (Å²) in [6, 6.07) is 8.21. The zero-order valence-corrected chi connectivity index (χ0v) is 13.0. The van der Waals surface area contributed by atoms with Crippen LogP contribution in [0.2, 0.25) is 0 Å². The van der Waals surface area contributed by atoms with Crippen LogP contribution >= 0.6 is 0 Å². The lowest BCUT2D eigenvalue weighted by molar-refractivity contribution is 0.159. The predicted molar refractivity (Wildman–Crippen MR) is 83.4 cm³/mol. The van der Waals surface area contributed by atoms with E-state index < -0.39 is 0 Å². The molecule has 1 saturated carbocycles. The molecule has 3 rings (SSSR count).